The monoisotopic (exact) mass is 389 g/mol. The summed E-state index contributed by atoms with van der Waals surface area (Å²) in [6, 6.07) is 14.9. The van der Waals surface area contributed by atoms with Gasteiger partial charge >= 0.3 is 6.01 Å². The first kappa shape index (κ1) is 15.8. The predicted octanol–water partition coefficient (Wildman–Crippen LogP) is 4.47. The number of aromatic nitrogens is 2. The molecule has 3 aromatic rings. The van der Waals surface area contributed by atoms with Crippen molar-refractivity contribution in [3.63, 3.8) is 0 Å². The van der Waals surface area contributed by atoms with Crippen LogP contribution in [0.4, 0.5) is 6.01 Å². The van der Waals surface area contributed by atoms with Crippen molar-refractivity contribution in [3.8, 4) is 11.5 Å². The molecule has 0 saturated heterocycles. The molecule has 0 aliphatic heterocycles. The van der Waals surface area contributed by atoms with Crippen LogP contribution < -0.4 is 5.32 Å². The van der Waals surface area contributed by atoms with E-state index in [-0.39, 0.29) is 11.9 Å². The molecule has 0 atom stereocenters. The van der Waals surface area contributed by atoms with Crippen molar-refractivity contribution in [3.05, 3.63) is 58.6 Å². The second-order valence-corrected chi connectivity index (χ2v) is 6.25. The summed E-state index contributed by atoms with van der Waals surface area (Å²) in [5.74, 6) is 0.0585. The van der Waals surface area contributed by atoms with E-state index in [1.165, 1.54) is 0 Å². The summed E-state index contributed by atoms with van der Waals surface area (Å²) in [6.07, 6.45) is 1.98. The summed E-state index contributed by atoms with van der Waals surface area (Å²) in [5, 5.41) is 10.5. The van der Waals surface area contributed by atoms with Gasteiger partial charge in [-0.05, 0) is 46.5 Å². The third kappa shape index (κ3) is 3.46. The van der Waals surface area contributed by atoms with Gasteiger partial charge in [0.05, 0.1) is 11.1 Å². The highest BCUT2D eigenvalue weighted by atomic mass is 79.9. The third-order valence-electron chi connectivity index (χ3n) is 3.10. The van der Waals surface area contributed by atoms with Crippen LogP contribution in [0, 0.1) is 0 Å². The fourth-order valence-electron chi connectivity index (χ4n) is 2.01. The van der Waals surface area contributed by atoms with Crippen LogP contribution in [0.5, 0.6) is 0 Å². The van der Waals surface area contributed by atoms with Crippen molar-refractivity contribution in [2.45, 2.75) is 4.90 Å². The first-order valence-electron chi connectivity index (χ1n) is 6.72. The number of nitrogens with zero attached hydrogens (tertiary/aromatic N) is 2. The molecule has 1 heterocycles. The number of thioether (sulfide) groups is 1. The molecule has 3 rings (SSSR count). The topological polar surface area (TPSA) is 68.0 Å². The average Bonchev–Trinajstić information content (AvgIpc) is 3.03. The molecule has 0 saturated carbocycles. The molecule has 23 heavy (non-hydrogen) atoms. The van der Waals surface area contributed by atoms with E-state index in [0.717, 1.165) is 10.5 Å². The SMILES string of the molecule is CSc1ccccc1-c1nnc(NC(=O)c2ccccc2Br)o1. The first-order chi connectivity index (χ1) is 11.2. The lowest BCUT2D eigenvalue weighted by Gasteiger charge is -2.03. The average molecular weight is 390 g/mol. The summed E-state index contributed by atoms with van der Waals surface area (Å²) in [7, 11) is 0. The number of hydrogen-bond donors (Lipinski definition) is 1. The van der Waals surface area contributed by atoms with Crippen LogP contribution in [0.25, 0.3) is 11.5 Å². The van der Waals surface area contributed by atoms with Gasteiger partial charge in [0.15, 0.2) is 0 Å². The van der Waals surface area contributed by atoms with Gasteiger partial charge < -0.3 is 4.42 Å². The van der Waals surface area contributed by atoms with Crippen LogP contribution in [0.2, 0.25) is 0 Å². The number of carbonyl (C=O) groups is 1. The maximum atomic E-state index is 12.2. The Balaban J connectivity index is 1.83. The van der Waals surface area contributed by atoms with E-state index < -0.39 is 0 Å². The normalized spacial score (nSPS) is 10.5. The number of hydrogen-bond acceptors (Lipinski definition) is 5. The number of nitrogens with one attached hydrogen (secondary N) is 1. The molecule has 0 unspecified atom stereocenters. The molecule has 116 valence electrons. The highest BCUT2D eigenvalue weighted by molar-refractivity contribution is 9.10. The van der Waals surface area contributed by atoms with E-state index >= 15 is 0 Å². The van der Waals surface area contributed by atoms with Gasteiger partial charge in [-0.25, -0.2) is 0 Å². The second-order valence-electron chi connectivity index (χ2n) is 4.55. The zero-order chi connectivity index (χ0) is 16.2. The van der Waals surface area contributed by atoms with Crippen molar-refractivity contribution in [1.29, 1.82) is 0 Å². The number of carbonyl (C=O) groups excluding carboxylic acids is 1. The minimum atomic E-state index is -0.314. The molecule has 0 radical (unpaired) electrons. The molecular weight excluding hydrogens is 378 g/mol. The number of halogens is 1. The van der Waals surface area contributed by atoms with E-state index in [1.807, 2.05) is 36.6 Å². The van der Waals surface area contributed by atoms with Crippen LogP contribution in [0.15, 0.2) is 62.3 Å². The summed E-state index contributed by atoms with van der Waals surface area (Å²) in [5.41, 5.74) is 1.34. The number of anilines is 1. The zero-order valence-electron chi connectivity index (χ0n) is 12.1. The Hall–Kier alpha value is -2.12. The van der Waals surface area contributed by atoms with E-state index in [4.69, 9.17) is 4.42 Å². The summed E-state index contributed by atoms with van der Waals surface area (Å²) in [6.45, 7) is 0. The zero-order valence-corrected chi connectivity index (χ0v) is 14.5. The van der Waals surface area contributed by atoms with Gasteiger partial charge in [0.25, 0.3) is 11.8 Å². The number of rotatable bonds is 4. The Kier molecular flexibility index (Phi) is 4.78. The fourth-order valence-corrected chi connectivity index (χ4v) is 3.07. The van der Waals surface area contributed by atoms with Gasteiger partial charge in [0.2, 0.25) is 0 Å². The number of amides is 1. The quantitative estimate of drug-likeness (QED) is 0.666. The van der Waals surface area contributed by atoms with E-state index in [0.29, 0.717) is 15.9 Å². The van der Waals surface area contributed by atoms with E-state index in [2.05, 4.69) is 31.4 Å². The van der Waals surface area contributed by atoms with Crippen LogP contribution in [0.3, 0.4) is 0 Å². The van der Waals surface area contributed by atoms with Gasteiger partial charge in [0, 0.05) is 9.37 Å². The Morgan fingerprint density at radius 3 is 2.65 bits per heavy atom. The van der Waals surface area contributed by atoms with Crippen LogP contribution in [-0.2, 0) is 0 Å². The van der Waals surface area contributed by atoms with Crippen LogP contribution in [0.1, 0.15) is 10.4 Å². The smallest absolute Gasteiger partial charge is 0.322 e. The molecule has 1 N–H and O–H groups in total. The van der Waals surface area contributed by atoms with Gasteiger partial charge in [-0.3, -0.25) is 10.1 Å². The molecule has 0 spiro atoms. The minimum absolute atomic E-state index is 0.0664. The molecule has 1 aromatic heterocycles. The standard InChI is InChI=1S/C16H12BrN3O2S/c1-23-13-9-5-3-7-11(13)15-19-20-16(22-15)18-14(21)10-6-2-4-8-12(10)17/h2-9H,1H3,(H,18,20,21). The fraction of sp³-hybridized carbons (Fsp3) is 0.0625. The molecule has 0 aliphatic rings. The van der Waals surface area contributed by atoms with Crippen LogP contribution in [-0.4, -0.2) is 22.4 Å². The van der Waals surface area contributed by atoms with E-state index in [9.17, 15) is 4.79 Å². The van der Waals surface area contributed by atoms with Crippen LogP contribution >= 0.6 is 27.7 Å². The Labute approximate surface area is 145 Å². The van der Waals surface area contributed by atoms with Crippen molar-refractivity contribution < 1.29 is 9.21 Å². The third-order valence-corrected chi connectivity index (χ3v) is 4.59. The maximum absolute atomic E-state index is 12.2. The minimum Gasteiger partial charge on any atom is -0.403 e. The van der Waals surface area contributed by atoms with Crippen molar-refractivity contribution in [1.82, 2.24) is 10.2 Å². The predicted molar refractivity (Wildman–Crippen MR) is 93.6 cm³/mol. The molecule has 2 aromatic carbocycles. The first-order valence-corrected chi connectivity index (χ1v) is 8.73. The van der Waals surface area contributed by atoms with Gasteiger partial charge in [-0.1, -0.05) is 29.4 Å². The Bertz CT molecular complexity index is 851. The molecule has 1 amide bonds. The van der Waals surface area contributed by atoms with E-state index in [1.54, 1.807) is 30.0 Å². The summed E-state index contributed by atoms with van der Waals surface area (Å²) >= 11 is 4.93. The molecule has 0 fully saturated rings. The lowest BCUT2D eigenvalue weighted by Crippen LogP contribution is -2.12. The molecule has 7 heteroatoms. The van der Waals surface area contributed by atoms with Gasteiger partial charge in [-0.2, -0.15) is 0 Å². The maximum Gasteiger partial charge on any atom is 0.322 e. The highest BCUT2D eigenvalue weighted by Crippen LogP contribution is 2.29. The molecule has 5 nitrogen and oxygen atoms in total. The Morgan fingerprint density at radius 2 is 1.87 bits per heavy atom. The molecule has 0 bridgehead atoms. The second kappa shape index (κ2) is 6.97. The molecular formula is C16H12BrN3O2S. The summed E-state index contributed by atoms with van der Waals surface area (Å²) in [4.78, 5) is 13.3. The highest BCUT2D eigenvalue weighted by Gasteiger charge is 2.15. The Morgan fingerprint density at radius 1 is 1.13 bits per heavy atom. The van der Waals surface area contributed by atoms with Crippen molar-refractivity contribution >= 4 is 39.6 Å². The lowest BCUT2D eigenvalue weighted by molar-refractivity contribution is 0.102. The number of benzene rings is 2. The summed E-state index contributed by atoms with van der Waals surface area (Å²) < 4.78 is 6.26. The largest absolute Gasteiger partial charge is 0.403 e. The van der Waals surface area contributed by atoms with Crippen molar-refractivity contribution in [2.24, 2.45) is 0 Å². The lowest BCUT2D eigenvalue weighted by atomic mass is 10.2. The van der Waals surface area contributed by atoms with Gasteiger partial charge in [-0.15, -0.1) is 16.9 Å². The van der Waals surface area contributed by atoms with Gasteiger partial charge in [0.1, 0.15) is 0 Å². The molecule has 0 aliphatic carbocycles. The van der Waals surface area contributed by atoms with Crippen molar-refractivity contribution in [2.75, 3.05) is 11.6 Å².